The highest BCUT2D eigenvalue weighted by Gasteiger charge is 2.16. The van der Waals surface area contributed by atoms with E-state index in [-0.39, 0.29) is 5.91 Å². The number of rotatable bonds is 8. The van der Waals surface area contributed by atoms with Gasteiger partial charge >= 0.3 is 0 Å². The van der Waals surface area contributed by atoms with Gasteiger partial charge < -0.3 is 19.7 Å². The molecular formula is C19H25N2O3S+. The molecule has 2 aromatic rings. The van der Waals surface area contributed by atoms with E-state index in [0.717, 1.165) is 26.8 Å². The van der Waals surface area contributed by atoms with E-state index in [1.54, 1.807) is 26.0 Å². The lowest BCUT2D eigenvalue weighted by molar-refractivity contribution is -0.885. The smallest absolute Gasteiger partial charge is 0.279 e. The zero-order valence-corrected chi connectivity index (χ0v) is 15.9. The number of amides is 1. The number of carbonyl (C=O) groups is 1. The van der Waals surface area contributed by atoms with Crippen LogP contribution in [0.5, 0.6) is 11.5 Å². The average molecular weight is 361 g/mol. The summed E-state index contributed by atoms with van der Waals surface area (Å²) in [5, 5.41) is 2.99. The second-order valence-electron chi connectivity index (χ2n) is 5.71. The van der Waals surface area contributed by atoms with E-state index in [4.69, 9.17) is 9.47 Å². The highest BCUT2D eigenvalue weighted by Crippen LogP contribution is 2.30. The Morgan fingerprint density at radius 3 is 2.56 bits per heavy atom. The van der Waals surface area contributed by atoms with Crippen molar-refractivity contribution in [2.75, 3.05) is 39.4 Å². The third-order valence-electron chi connectivity index (χ3n) is 3.82. The summed E-state index contributed by atoms with van der Waals surface area (Å²) in [7, 11) is 5.23. The first-order chi connectivity index (χ1) is 12.1. The maximum atomic E-state index is 12.4. The van der Waals surface area contributed by atoms with Crippen molar-refractivity contribution in [3.05, 3.63) is 48.0 Å². The minimum absolute atomic E-state index is 0.0131. The Morgan fingerprint density at radius 1 is 1.12 bits per heavy atom. The molecule has 0 radical (unpaired) electrons. The van der Waals surface area contributed by atoms with Crippen LogP contribution in [0.15, 0.2) is 47.4 Å². The lowest BCUT2D eigenvalue weighted by atomic mass is 10.1. The maximum absolute atomic E-state index is 12.4. The molecule has 2 rings (SSSR count). The predicted octanol–water partition coefficient (Wildman–Crippen LogP) is 2.08. The van der Waals surface area contributed by atoms with Crippen molar-refractivity contribution >= 4 is 23.4 Å². The molecule has 0 aliphatic heterocycles. The molecule has 0 saturated heterocycles. The highest BCUT2D eigenvalue weighted by atomic mass is 32.2. The summed E-state index contributed by atoms with van der Waals surface area (Å²) < 4.78 is 10.8. The first kappa shape index (κ1) is 19.1. The van der Waals surface area contributed by atoms with Gasteiger partial charge in [-0.2, -0.15) is 0 Å². The predicted molar refractivity (Wildman–Crippen MR) is 102 cm³/mol. The standard InChI is InChI=1S/C19H24N2O3S/c1-21(12-14-8-7-10-16(23-2)19(14)24-3)13-18(22)20-15-9-5-6-11-17(15)25-4/h5-11H,12-13H2,1-4H3,(H,20,22)/p+1. The number of carbonyl (C=O) groups excluding carboxylic acids is 1. The molecule has 25 heavy (non-hydrogen) atoms. The Morgan fingerprint density at radius 2 is 1.88 bits per heavy atom. The Kier molecular flexibility index (Phi) is 7.16. The monoisotopic (exact) mass is 361 g/mol. The molecule has 0 heterocycles. The number of methoxy groups -OCH3 is 2. The molecule has 2 aromatic carbocycles. The topological polar surface area (TPSA) is 52.0 Å². The van der Waals surface area contributed by atoms with Crippen LogP contribution >= 0.6 is 11.8 Å². The summed E-state index contributed by atoms with van der Waals surface area (Å²) in [5.74, 6) is 1.41. The van der Waals surface area contributed by atoms with Gasteiger partial charge in [-0.3, -0.25) is 4.79 Å². The molecule has 5 nitrogen and oxygen atoms in total. The molecule has 0 fully saturated rings. The minimum atomic E-state index is -0.0131. The zero-order chi connectivity index (χ0) is 18.2. The fourth-order valence-corrected chi connectivity index (χ4v) is 3.25. The van der Waals surface area contributed by atoms with E-state index in [1.807, 2.05) is 55.8 Å². The molecule has 0 aliphatic carbocycles. The number of benzene rings is 2. The van der Waals surface area contributed by atoms with Crippen molar-refractivity contribution in [2.45, 2.75) is 11.4 Å². The van der Waals surface area contributed by atoms with Crippen molar-refractivity contribution in [2.24, 2.45) is 0 Å². The number of anilines is 1. The molecule has 0 saturated carbocycles. The van der Waals surface area contributed by atoms with Gasteiger partial charge in [-0.05, 0) is 30.5 Å². The van der Waals surface area contributed by atoms with Crippen LogP contribution in [0.1, 0.15) is 5.56 Å². The molecular weight excluding hydrogens is 336 g/mol. The van der Waals surface area contributed by atoms with Gasteiger partial charge in [0.25, 0.3) is 5.91 Å². The summed E-state index contributed by atoms with van der Waals surface area (Å²) in [5.41, 5.74) is 1.86. The molecule has 2 N–H and O–H groups in total. The molecule has 1 atom stereocenters. The lowest BCUT2D eigenvalue weighted by Gasteiger charge is -2.17. The fourth-order valence-electron chi connectivity index (χ4n) is 2.70. The van der Waals surface area contributed by atoms with Crippen LogP contribution < -0.4 is 19.7 Å². The third-order valence-corrected chi connectivity index (χ3v) is 4.62. The summed E-state index contributed by atoms with van der Waals surface area (Å²) in [6, 6.07) is 13.6. The van der Waals surface area contributed by atoms with Gasteiger partial charge in [0.1, 0.15) is 6.54 Å². The Labute approximate surface area is 153 Å². The van der Waals surface area contributed by atoms with Crippen molar-refractivity contribution in [1.82, 2.24) is 0 Å². The normalized spacial score (nSPS) is 11.7. The van der Waals surface area contributed by atoms with E-state index < -0.39 is 0 Å². The van der Waals surface area contributed by atoms with Gasteiger partial charge in [0.15, 0.2) is 18.0 Å². The molecule has 1 amide bonds. The van der Waals surface area contributed by atoms with Crippen LogP contribution in [0.2, 0.25) is 0 Å². The summed E-state index contributed by atoms with van der Waals surface area (Å²) >= 11 is 1.62. The quantitative estimate of drug-likeness (QED) is 0.707. The van der Waals surface area contributed by atoms with Crippen molar-refractivity contribution in [1.29, 1.82) is 0 Å². The first-order valence-corrected chi connectivity index (χ1v) is 9.25. The molecule has 6 heteroatoms. The van der Waals surface area contributed by atoms with Crippen LogP contribution in [-0.4, -0.2) is 40.0 Å². The first-order valence-electron chi connectivity index (χ1n) is 8.03. The maximum Gasteiger partial charge on any atom is 0.279 e. The SMILES string of the molecule is COc1cccc(C[NH+](C)CC(=O)Nc2ccccc2SC)c1OC. The number of para-hydroxylation sites is 2. The van der Waals surface area contributed by atoms with Crippen LogP contribution in [0, 0.1) is 0 Å². The zero-order valence-electron chi connectivity index (χ0n) is 15.1. The van der Waals surface area contributed by atoms with Crippen LogP contribution in [-0.2, 0) is 11.3 Å². The van der Waals surface area contributed by atoms with E-state index in [0.29, 0.717) is 18.8 Å². The summed E-state index contributed by atoms with van der Waals surface area (Å²) in [6.07, 6.45) is 2.00. The van der Waals surface area contributed by atoms with Crippen LogP contribution in [0.4, 0.5) is 5.69 Å². The molecule has 0 aromatic heterocycles. The van der Waals surface area contributed by atoms with Crippen molar-refractivity contribution in [3.63, 3.8) is 0 Å². The third kappa shape index (κ3) is 5.14. The molecule has 0 aliphatic rings. The number of quaternary nitrogens is 1. The molecule has 0 bridgehead atoms. The minimum Gasteiger partial charge on any atom is -0.493 e. The number of hydrogen-bond acceptors (Lipinski definition) is 4. The van der Waals surface area contributed by atoms with E-state index in [9.17, 15) is 4.79 Å². The second kappa shape index (κ2) is 9.34. The van der Waals surface area contributed by atoms with Crippen molar-refractivity contribution in [3.8, 4) is 11.5 Å². The van der Waals surface area contributed by atoms with E-state index in [1.165, 1.54) is 0 Å². The average Bonchev–Trinajstić information content (AvgIpc) is 2.61. The Hall–Kier alpha value is -2.18. The highest BCUT2D eigenvalue weighted by molar-refractivity contribution is 7.98. The van der Waals surface area contributed by atoms with Crippen molar-refractivity contribution < 1.29 is 19.2 Å². The van der Waals surface area contributed by atoms with Gasteiger partial charge in [0, 0.05) is 4.90 Å². The number of thioether (sulfide) groups is 1. The Bertz CT molecular complexity index is 722. The molecule has 134 valence electrons. The summed E-state index contributed by atoms with van der Waals surface area (Å²) in [6.45, 7) is 1.03. The lowest BCUT2D eigenvalue weighted by Crippen LogP contribution is -3.08. The number of ether oxygens (including phenoxy) is 2. The van der Waals surface area contributed by atoms with Crippen LogP contribution in [0.3, 0.4) is 0 Å². The number of likely N-dealkylation sites (N-methyl/N-ethyl adjacent to an activating group) is 1. The molecule has 0 spiro atoms. The van der Waals surface area contributed by atoms with Gasteiger partial charge in [-0.1, -0.05) is 18.2 Å². The second-order valence-corrected chi connectivity index (χ2v) is 6.56. The summed E-state index contributed by atoms with van der Waals surface area (Å²) in [4.78, 5) is 14.5. The number of hydrogen-bond donors (Lipinski definition) is 2. The Balaban J connectivity index is 2.00. The van der Waals surface area contributed by atoms with Gasteiger partial charge in [0.2, 0.25) is 0 Å². The van der Waals surface area contributed by atoms with Gasteiger partial charge in [-0.15, -0.1) is 11.8 Å². The number of nitrogens with one attached hydrogen (secondary N) is 2. The fraction of sp³-hybridized carbons (Fsp3) is 0.316. The van der Waals surface area contributed by atoms with Crippen LogP contribution in [0.25, 0.3) is 0 Å². The largest absolute Gasteiger partial charge is 0.493 e. The van der Waals surface area contributed by atoms with E-state index >= 15 is 0 Å². The van der Waals surface area contributed by atoms with E-state index in [2.05, 4.69) is 5.32 Å². The molecule has 1 unspecified atom stereocenters. The van der Waals surface area contributed by atoms with Gasteiger partial charge in [-0.25, -0.2) is 0 Å². The van der Waals surface area contributed by atoms with Gasteiger partial charge in [0.05, 0.1) is 32.5 Å².